The summed E-state index contributed by atoms with van der Waals surface area (Å²) in [6.07, 6.45) is 8.07. The number of likely N-dealkylation sites (tertiary alicyclic amines) is 1. The molecule has 0 aromatic heterocycles. The van der Waals surface area contributed by atoms with Gasteiger partial charge in [-0.2, -0.15) is 0 Å². The van der Waals surface area contributed by atoms with Crippen LogP contribution in [0.3, 0.4) is 0 Å². The first kappa shape index (κ1) is 12.4. The maximum atomic E-state index is 6.16. The van der Waals surface area contributed by atoms with Crippen molar-refractivity contribution in [3.63, 3.8) is 0 Å². The summed E-state index contributed by atoms with van der Waals surface area (Å²) in [5, 5.41) is 0. The van der Waals surface area contributed by atoms with Crippen molar-refractivity contribution >= 4 is 0 Å². The van der Waals surface area contributed by atoms with Crippen LogP contribution in [0.15, 0.2) is 0 Å². The van der Waals surface area contributed by atoms with Crippen LogP contribution < -0.4 is 5.73 Å². The largest absolute Gasteiger partial charge is 0.327 e. The van der Waals surface area contributed by atoms with Crippen molar-refractivity contribution < 1.29 is 0 Å². The zero-order valence-corrected chi connectivity index (χ0v) is 11.0. The Morgan fingerprint density at radius 3 is 2.50 bits per heavy atom. The van der Waals surface area contributed by atoms with Gasteiger partial charge in [-0.1, -0.05) is 20.3 Å². The van der Waals surface area contributed by atoms with Crippen molar-refractivity contribution in [1.82, 2.24) is 4.90 Å². The van der Waals surface area contributed by atoms with Gasteiger partial charge in [-0.15, -0.1) is 0 Å². The van der Waals surface area contributed by atoms with E-state index in [1.165, 1.54) is 58.2 Å². The van der Waals surface area contributed by atoms with Gasteiger partial charge in [-0.05, 0) is 50.0 Å². The zero-order chi connectivity index (χ0) is 11.6. The molecule has 2 fully saturated rings. The van der Waals surface area contributed by atoms with Gasteiger partial charge in [0, 0.05) is 19.1 Å². The van der Waals surface area contributed by atoms with Crippen molar-refractivity contribution in [3.8, 4) is 0 Å². The number of nitrogens with zero attached hydrogens (tertiary/aromatic N) is 1. The first-order chi connectivity index (χ1) is 7.69. The third-order valence-electron chi connectivity index (χ3n) is 5.23. The minimum atomic E-state index is 0.484. The maximum absolute atomic E-state index is 6.16. The van der Waals surface area contributed by atoms with Gasteiger partial charge in [0.2, 0.25) is 0 Å². The van der Waals surface area contributed by atoms with Crippen molar-refractivity contribution in [3.05, 3.63) is 0 Å². The lowest BCUT2D eigenvalue weighted by atomic mass is 9.82. The summed E-state index contributed by atoms with van der Waals surface area (Å²) in [5.41, 5.74) is 6.79. The van der Waals surface area contributed by atoms with Crippen molar-refractivity contribution in [2.45, 2.75) is 58.4 Å². The third-order valence-corrected chi connectivity index (χ3v) is 5.23. The highest BCUT2D eigenvalue weighted by Gasteiger charge is 2.36. The molecule has 0 aromatic carbocycles. The fraction of sp³-hybridized carbons (Fsp3) is 1.00. The predicted octanol–water partition coefficient (Wildman–Crippen LogP) is 2.63. The quantitative estimate of drug-likeness (QED) is 0.795. The molecule has 0 radical (unpaired) electrons. The lowest BCUT2D eigenvalue weighted by Crippen LogP contribution is -2.36. The summed E-state index contributed by atoms with van der Waals surface area (Å²) in [5.74, 6) is 0.782. The van der Waals surface area contributed by atoms with Gasteiger partial charge >= 0.3 is 0 Å². The van der Waals surface area contributed by atoms with E-state index in [1.807, 2.05) is 0 Å². The Morgan fingerprint density at radius 1 is 1.25 bits per heavy atom. The average molecular weight is 224 g/mol. The first-order valence-corrected chi connectivity index (χ1v) is 7.17. The lowest BCUT2D eigenvalue weighted by molar-refractivity contribution is 0.213. The Balaban J connectivity index is 1.84. The zero-order valence-electron chi connectivity index (χ0n) is 11.0. The van der Waals surface area contributed by atoms with E-state index in [4.69, 9.17) is 5.73 Å². The molecule has 0 amide bonds. The Kier molecular flexibility index (Phi) is 3.91. The van der Waals surface area contributed by atoms with Crippen LogP contribution in [-0.4, -0.2) is 30.6 Å². The molecule has 1 heterocycles. The number of hydrogen-bond acceptors (Lipinski definition) is 2. The molecule has 2 aliphatic rings. The smallest absolute Gasteiger partial charge is 0.00793 e. The second-order valence-corrected chi connectivity index (χ2v) is 6.05. The predicted molar refractivity (Wildman–Crippen MR) is 69.4 cm³/mol. The van der Waals surface area contributed by atoms with E-state index in [0.29, 0.717) is 11.5 Å². The van der Waals surface area contributed by atoms with Crippen LogP contribution in [0.1, 0.15) is 52.4 Å². The molecule has 2 heteroatoms. The maximum Gasteiger partial charge on any atom is 0.00793 e. The van der Waals surface area contributed by atoms with E-state index in [1.54, 1.807) is 0 Å². The van der Waals surface area contributed by atoms with E-state index in [0.717, 1.165) is 5.92 Å². The van der Waals surface area contributed by atoms with Crippen LogP contribution in [0.5, 0.6) is 0 Å². The summed E-state index contributed by atoms with van der Waals surface area (Å²) in [7, 11) is 0. The molecular formula is C14H28N2. The summed E-state index contributed by atoms with van der Waals surface area (Å²) in [4.78, 5) is 2.68. The van der Waals surface area contributed by atoms with Gasteiger partial charge < -0.3 is 10.6 Å². The van der Waals surface area contributed by atoms with Gasteiger partial charge in [0.25, 0.3) is 0 Å². The standard InChI is InChI=1S/C14H28N2/c1-3-14(4-2)8-9-16(11-14)10-12-6-5-7-13(12)15/h12-13H,3-11,15H2,1-2H3. The molecular weight excluding hydrogens is 196 g/mol. The van der Waals surface area contributed by atoms with Crippen LogP contribution in [0.25, 0.3) is 0 Å². The molecule has 1 saturated heterocycles. The van der Waals surface area contributed by atoms with Gasteiger partial charge in [0.15, 0.2) is 0 Å². The van der Waals surface area contributed by atoms with Crippen molar-refractivity contribution in [2.24, 2.45) is 17.1 Å². The minimum Gasteiger partial charge on any atom is -0.327 e. The molecule has 2 N–H and O–H groups in total. The molecule has 16 heavy (non-hydrogen) atoms. The topological polar surface area (TPSA) is 29.3 Å². The Bertz CT molecular complexity index is 223. The van der Waals surface area contributed by atoms with E-state index < -0.39 is 0 Å². The number of hydrogen-bond donors (Lipinski definition) is 1. The second-order valence-electron chi connectivity index (χ2n) is 6.05. The van der Waals surface area contributed by atoms with Crippen LogP contribution in [0, 0.1) is 11.3 Å². The lowest BCUT2D eigenvalue weighted by Gasteiger charge is -2.28. The second kappa shape index (κ2) is 5.05. The highest BCUT2D eigenvalue weighted by Crippen LogP contribution is 2.38. The molecule has 2 rings (SSSR count). The van der Waals surface area contributed by atoms with Gasteiger partial charge in [-0.25, -0.2) is 0 Å². The monoisotopic (exact) mass is 224 g/mol. The summed E-state index contributed by atoms with van der Waals surface area (Å²) in [6.45, 7) is 8.61. The van der Waals surface area contributed by atoms with Gasteiger partial charge in [0.05, 0.1) is 0 Å². The fourth-order valence-corrected chi connectivity index (χ4v) is 3.63. The molecule has 94 valence electrons. The van der Waals surface area contributed by atoms with Crippen molar-refractivity contribution in [2.75, 3.05) is 19.6 Å². The Labute approximate surface area is 101 Å². The minimum absolute atomic E-state index is 0.484. The van der Waals surface area contributed by atoms with Gasteiger partial charge in [-0.3, -0.25) is 0 Å². The van der Waals surface area contributed by atoms with Crippen LogP contribution in [-0.2, 0) is 0 Å². The SMILES string of the molecule is CCC1(CC)CCN(CC2CCCC2N)C1. The third kappa shape index (κ3) is 2.43. The molecule has 1 aliphatic heterocycles. The summed E-state index contributed by atoms with van der Waals surface area (Å²) >= 11 is 0. The average Bonchev–Trinajstić information content (AvgIpc) is 2.88. The molecule has 2 unspecified atom stereocenters. The number of rotatable bonds is 4. The Morgan fingerprint density at radius 2 is 2.00 bits per heavy atom. The highest BCUT2D eigenvalue weighted by atomic mass is 15.2. The molecule has 0 spiro atoms. The molecule has 0 bridgehead atoms. The summed E-state index contributed by atoms with van der Waals surface area (Å²) in [6, 6.07) is 0.484. The van der Waals surface area contributed by atoms with Crippen LogP contribution in [0.2, 0.25) is 0 Å². The molecule has 0 aromatic rings. The molecule has 1 aliphatic carbocycles. The first-order valence-electron chi connectivity index (χ1n) is 7.17. The molecule has 2 nitrogen and oxygen atoms in total. The van der Waals surface area contributed by atoms with Crippen molar-refractivity contribution in [1.29, 1.82) is 0 Å². The molecule has 1 saturated carbocycles. The van der Waals surface area contributed by atoms with Crippen LogP contribution in [0.4, 0.5) is 0 Å². The molecule has 2 atom stereocenters. The van der Waals surface area contributed by atoms with Gasteiger partial charge in [0.1, 0.15) is 0 Å². The number of nitrogens with two attached hydrogens (primary N) is 1. The van der Waals surface area contributed by atoms with E-state index >= 15 is 0 Å². The van der Waals surface area contributed by atoms with Crippen LogP contribution >= 0.6 is 0 Å². The van der Waals surface area contributed by atoms with E-state index in [2.05, 4.69) is 18.7 Å². The Hall–Kier alpha value is -0.0800. The fourth-order valence-electron chi connectivity index (χ4n) is 3.63. The van der Waals surface area contributed by atoms with E-state index in [9.17, 15) is 0 Å². The summed E-state index contributed by atoms with van der Waals surface area (Å²) < 4.78 is 0. The van der Waals surface area contributed by atoms with E-state index in [-0.39, 0.29) is 0 Å². The highest BCUT2D eigenvalue weighted by molar-refractivity contribution is 4.91. The normalized spacial score (nSPS) is 34.7.